The molecular weight excluding hydrogens is 637 g/mol. The number of hydrogen-bond acceptors (Lipinski definition) is 1. The Labute approximate surface area is 301 Å². The summed E-state index contributed by atoms with van der Waals surface area (Å²) in [7, 11) is 0. The van der Waals surface area contributed by atoms with Gasteiger partial charge in [0, 0.05) is 53.1 Å². The van der Waals surface area contributed by atoms with Gasteiger partial charge in [-0.15, -0.1) is 11.3 Å². The second kappa shape index (κ2) is 10.1. The molecule has 246 valence electrons. The van der Waals surface area contributed by atoms with Crippen LogP contribution in [0, 0.1) is 0 Å². The molecule has 0 aliphatic heterocycles. The second-order valence-electron chi connectivity index (χ2n) is 16.0. The Hall–Kier alpha value is -5.38. The molecule has 0 bridgehead atoms. The van der Waals surface area contributed by atoms with Crippen molar-refractivity contribution in [2.45, 2.75) is 51.4 Å². The minimum absolute atomic E-state index is 0.122. The fourth-order valence-corrected chi connectivity index (χ4v) is 10.4. The highest BCUT2D eigenvalue weighted by Crippen LogP contribution is 2.49. The Morgan fingerprint density at radius 3 is 1.86 bits per heavy atom. The van der Waals surface area contributed by atoms with Gasteiger partial charge in [0.25, 0.3) is 0 Å². The molecule has 0 amide bonds. The quantitative estimate of drug-likeness (QED) is 0.173. The smallest absolute Gasteiger partial charge is 0.0549 e. The van der Waals surface area contributed by atoms with Crippen molar-refractivity contribution >= 4 is 85.9 Å². The summed E-state index contributed by atoms with van der Waals surface area (Å²) in [6, 6.07) is 50.5. The molecule has 11 rings (SSSR count). The molecule has 2 nitrogen and oxygen atoms in total. The van der Waals surface area contributed by atoms with Crippen molar-refractivity contribution in [3.8, 4) is 11.4 Å². The van der Waals surface area contributed by atoms with Crippen molar-refractivity contribution < 1.29 is 0 Å². The molecule has 7 aromatic carbocycles. The van der Waals surface area contributed by atoms with Crippen molar-refractivity contribution in [1.29, 1.82) is 0 Å². The summed E-state index contributed by atoms with van der Waals surface area (Å²) in [5.41, 5.74) is 10.7. The summed E-state index contributed by atoms with van der Waals surface area (Å²) < 4.78 is 7.72. The van der Waals surface area contributed by atoms with Gasteiger partial charge < -0.3 is 9.13 Å². The first-order valence-electron chi connectivity index (χ1n) is 18.2. The number of para-hydroxylation sites is 1. The second-order valence-corrected chi connectivity index (χ2v) is 17.1. The number of rotatable bonds is 2. The van der Waals surface area contributed by atoms with E-state index in [2.05, 4.69) is 170 Å². The van der Waals surface area contributed by atoms with E-state index in [0.29, 0.717) is 0 Å². The van der Waals surface area contributed by atoms with Gasteiger partial charge in [0.15, 0.2) is 0 Å². The Morgan fingerprint density at radius 1 is 0.431 bits per heavy atom. The Morgan fingerprint density at radius 2 is 1.04 bits per heavy atom. The van der Waals surface area contributed by atoms with Crippen molar-refractivity contribution in [2.24, 2.45) is 0 Å². The van der Waals surface area contributed by atoms with E-state index in [1.807, 2.05) is 11.3 Å². The Bertz CT molecular complexity index is 3080. The molecule has 10 aromatic rings. The molecule has 1 aliphatic carbocycles. The molecule has 1 aliphatic rings. The van der Waals surface area contributed by atoms with E-state index >= 15 is 0 Å². The molecule has 3 heteroatoms. The third-order valence-corrected chi connectivity index (χ3v) is 13.3. The van der Waals surface area contributed by atoms with Gasteiger partial charge in [-0.05, 0) is 112 Å². The minimum atomic E-state index is 0.122. The van der Waals surface area contributed by atoms with Crippen LogP contribution in [0.25, 0.3) is 85.9 Å². The van der Waals surface area contributed by atoms with Crippen LogP contribution in [0.15, 0.2) is 133 Å². The zero-order chi connectivity index (χ0) is 34.2. The van der Waals surface area contributed by atoms with Gasteiger partial charge in [0.1, 0.15) is 0 Å². The summed E-state index contributed by atoms with van der Waals surface area (Å²) in [6.07, 6.45) is 2.39. The van der Waals surface area contributed by atoms with Crippen molar-refractivity contribution in [3.05, 3.63) is 145 Å². The standard InChI is InChI=1S/C48H38N2S/c1-47(2)22-23-48(3,4)39-28-43-34(25-38(39)47)35-26-42-37(27-41(35)49(43)30-13-6-5-7-14-30)46-32-15-9-8-12-29(32)18-20-40(46)50(42)31-19-21-45-36(24-31)33-16-10-11-17-44(33)51-45/h5-21,24-28H,22-23H2,1-4H3. The molecule has 0 saturated heterocycles. The molecule has 0 saturated carbocycles. The fraction of sp³-hybridized carbons (Fsp3) is 0.167. The first kappa shape index (κ1) is 29.4. The van der Waals surface area contributed by atoms with Gasteiger partial charge in [-0.1, -0.05) is 94.4 Å². The highest BCUT2D eigenvalue weighted by atomic mass is 32.1. The zero-order valence-corrected chi connectivity index (χ0v) is 30.2. The molecule has 3 aromatic heterocycles. The largest absolute Gasteiger partial charge is 0.309 e. The van der Waals surface area contributed by atoms with E-state index in [9.17, 15) is 0 Å². The lowest BCUT2D eigenvalue weighted by Gasteiger charge is -2.42. The molecule has 0 fully saturated rings. The summed E-state index contributed by atoms with van der Waals surface area (Å²) in [5, 5.41) is 10.4. The SMILES string of the molecule is CC1(C)CCC(C)(C)c2cc3c(cc21)c1cc2c(cc1n3-c1ccccc1)c1c3ccccc3ccc1n2-c1ccc2sc3ccccc3c2c1. The van der Waals surface area contributed by atoms with Crippen LogP contribution in [-0.2, 0) is 10.8 Å². The number of hydrogen-bond donors (Lipinski definition) is 0. The summed E-state index contributed by atoms with van der Waals surface area (Å²) in [4.78, 5) is 0. The summed E-state index contributed by atoms with van der Waals surface area (Å²) in [6.45, 7) is 9.75. The van der Waals surface area contributed by atoms with Crippen LogP contribution < -0.4 is 0 Å². The van der Waals surface area contributed by atoms with Gasteiger partial charge in [0.05, 0.1) is 22.1 Å². The molecule has 51 heavy (non-hydrogen) atoms. The van der Waals surface area contributed by atoms with Gasteiger partial charge in [-0.3, -0.25) is 0 Å². The topological polar surface area (TPSA) is 9.86 Å². The molecule has 0 unspecified atom stereocenters. The highest BCUT2D eigenvalue weighted by Gasteiger charge is 2.38. The Balaban J connectivity index is 1.33. The number of aromatic nitrogens is 2. The normalized spacial score (nSPS) is 15.6. The zero-order valence-electron chi connectivity index (χ0n) is 29.4. The number of nitrogens with zero attached hydrogens (tertiary/aromatic N) is 2. The maximum absolute atomic E-state index is 2.56. The van der Waals surface area contributed by atoms with Crippen LogP contribution in [0.4, 0.5) is 0 Å². The van der Waals surface area contributed by atoms with Gasteiger partial charge >= 0.3 is 0 Å². The van der Waals surface area contributed by atoms with Crippen LogP contribution in [-0.4, -0.2) is 9.13 Å². The first-order valence-corrected chi connectivity index (χ1v) is 19.0. The maximum atomic E-state index is 2.56. The van der Waals surface area contributed by atoms with E-state index < -0.39 is 0 Å². The molecule has 0 N–H and O–H groups in total. The summed E-state index contributed by atoms with van der Waals surface area (Å²) in [5.74, 6) is 0. The number of fused-ring (bicyclic) bond motifs is 12. The van der Waals surface area contributed by atoms with Gasteiger partial charge in [0.2, 0.25) is 0 Å². The van der Waals surface area contributed by atoms with Crippen molar-refractivity contribution in [2.75, 3.05) is 0 Å². The van der Waals surface area contributed by atoms with Crippen LogP contribution in [0.2, 0.25) is 0 Å². The average Bonchev–Trinajstić information content (AvgIpc) is 3.79. The summed E-state index contributed by atoms with van der Waals surface area (Å²) >= 11 is 1.88. The lowest BCUT2D eigenvalue weighted by Crippen LogP contribution is -2.33. The molecule has 0 radical (unpaired) electrons. The molecular formula is C48H38N2S. The van der Waals surface area contributed by atoms with E-state index in [0.717, 1.165) is 0 Å². The van der Waals surface area contributed by atoms with Crippen LogP contribution >= 0.6 is 11.3 Å². The average molecular weight is 675 g/mol. The number of thiophene rings is 1. The van der Waals surface area contributed by atoms with Crippen LogP contribution in [0.5, 0.6) is 0 Å². The van der Waals surface area contributed by atoms with Crippen LogP contribution in [0.1, 0.15) is 51.7 Å². The van der Waals surface area contributed by atoms with E-state index in [4.69, 9.17) is 0 Å². The molecule has 0 spiro atoms. The van der Waals surface area contributed by atoms with Crippen LogP contribution in [0.3, 0.4) is 0 Å². The predicted octanol–water partition coefficient (Wildman–Crippen LogP) is 13.8. The van der Waals surface area contributed by atoms with Crippen molar-refractivity contribution in [1.82, 2.24) is 9.13 Å². The third kappa shape index (κ3) is 4.04. The minimum Gasteiger partial charge on any atom is -0.309 e. The van der Waals surface area contributed by atoms with E-state index in [1.54, 1.807) is 0 Å². The first-order chi connectivity index (χ1) is 24.8. The Kier molecular flexibility index (Phi) is 5.82. The third-order valence-electron chi connectivity index (χ3n) is 12.1. The lowest BCUT2D eigenvalue weighted by molar-refractivity contribution is 0.332. The monoisotopic (exact) mass is 674 g/mol. The molecule has 3 heterocycles. The van der Waals surface area contributed by atoms with Crippen molar-refractivity contribution in [3.63, 3.8) is 0 Å². The predicted molar refractivity (Wildman–Crippen MR) is 221 cm³/mol. The van der Waals surface area contributed by atoms with Gasteiger partial charge in [-0.2, -0.15) is 0 Å². The lowest BCUT2D eigenvalue weighted by atomic mass is 9.63. The van der Waals surface area contributed by atoms with E-state index in [1.165, 1.54) is 110 Å². The van der Waals surface area contributed by atoms with E-state index in [-0.39, 0.29) is 10.8 Å². The fourth-order valence-electron chi connectivity index (χ4n) is 9.34. The van der Waals surface area contributed by atoms with Gasteiger partial charge in [-0.25, -0.2) is 0 Å². The maximum Gasteiger partial charge on any atom is 0.0549 e. The number of benzene rings is 7. The highest BCUT2D eigenvalue weighted by molar-refractivity contribution is 7.25. The molecule has 0 atom stereocenters.